The molecule has 1 aromatic carbocycles. The lowest BCUT2D eigenvalue weighted by atomic mass is 9.96. The third-order valence-corrected chi connectivity index (χ3v) is 4.89. The van der Waals surface area contributed by atoms with Crippen LogP contribution in [0.5, 0.6) is 5.75 Å². The second-order valence-electron chi connectivity index (χ2n) is 6.79. The van der Waals surface area contributed by atoms with Crippen LogP contribution in [-0.4, -0.2) is 36.6 Å². The highest BCUT2D eigenvalue weighted by atomic mass is 16.5. The van der Waals surface area contributed by atoms with Gasteiger partial charge in [0.25, 0.3) is 0 Å². The van der Waals surface area contributed by atoms with Crippen molar-refractivity contribution in [3.05, 3.63) is 29.8 Å². The molecule has 1 aliphatic carbocycles. The van der Waals surface area contributed by atoms with Gasteiger partial charge < -0.3 is 19.9 Å². The molecule has 2 N–H and O–H groups in total. The van der Waals surface area contributed by atoms with Crippen LogP contribution < -0.4 is 10.1 Å². The average molecular weight is 305 g/mol. The van der Waals surface area contributed by atoms with Crippen LogP contribution >= 0.6 is 0 Å². The van der Waals surface area contributed by atoms with E-state index in [-0.39, 0.29) is 18.2 Å². The first-order chi connectivity index (χ1) is 10.7. The maximum Gasteiger partial charge on any atom is 0.119 e. The zero-order chi connectivity index (χ0) is 15.4. The number of aliphatic hydroxyl groups excluding tert-OH is 1. The predicted octanol–water partition coefficient (Wildman–Crippen LogP) is 2.50. The Morgan fingerprint density at radius 2 is 2.05 bits per heavy atom. The van der Waals surface area contributed by atoms with Gasteiger partial charge in [-0.05, 0) is 56.2 Å². The molecule has 122 valence electrons. The Labute approximate surface area is 132 Å². The lowest BCUT2D eigenvalue weighted by molar-refractivity contribution is 0.0679. The molecule has 2 aliphatic rings. The van der Waals surface area contributed by atoms with Crippen LogP contribution in [0, 0.1) is 5.92 Å². The summed E-state index contributed by atoms with van der Waals surface area (Å²) in [6, 6.07) is 8.20. The van der Waals surface area contributed by atoms with E-state index in [1.807, 2.05) is 12.1 Å². The normalized spacial score (nSPS) is 24.2. The highest BCUT2D eigenvalue weighted by Crippen LogP contribution is 2.39. The van der Waals surface area contributed by atoms with Gasteiger partial charge in [-0.1, -0.05) is 12.1 Å². The molecule has 0 aromatic heterocycles. The molecular weight excluding hydrogens is 278 g/mol. The quantitative estimate of drug-likeness (QED) is 0.775. The Kier molecular flexibility index (Phi) is 5.01. The number of ether oxygens (including phenoxy) is 2. The van der Waals surface area contributed by atoms with Crippen LogP contribution in [0.2, 0.25) is 0 Å². The number of benzene rings is 1. The van der Waals surface area contributed by atoms with Crippen molar-refractivity contribution in [1.82, 2.24) is 5.32 Å². The molecule has 22 heavy (non-hydrogen) atoms. The van der Waals surface area contributed by atoms with Gasteiger partial charge in [-0.15, -0.1) is 0 Å². The molecule has 1 aliphatic heterocycles. The van der Waals surface area contributed by atoms with Crippen molar-refractivity contribution < 1.29 is 14.6 Å². The summed E-state index contributed by atoms with van der Waals surface area (Å²) in [5.74, 6) is 1.51. The Bertz CT molecular complexity index is 466. The summed E-state index contributed by atoms with van der Waals surface area (Å²) in [5.41, 5.74) is 1.07. The van der Waals surface area contributed by atoms with Gasteiger partial charge in [0.15, 0.2) is 0 Å². The molecule has 1 saturated carbocycles. The van der Waals surface area contributed by atoms with Crippen molar-refractivity contribution in [2.24, 2.45) is 5.92 Å². The molecule has 0 amide bonds. The van der Waals surface area contributed by atoms with E-state index in [2.05, 4.69) is 24.4 Å². The monoisotopic (exact) mass is 305 g/mol. The van der Waals surface area contributed by atoms with Crippen LogP contribution in [0.4, 0.5) is 0 Å². The Morgan fingerprint density at radius 1 is 1.27 bits per heavy atom. The largest absolute Gasteiger partial charge is 0.491 e. The van der Waals surface area contributed by atoms with Crippen LogP contribution in [-0.2, 0) is 11.3 Å². The lowest BCUT2D eigenvalue weighted by Gasteiger charge is -2.29. The fourth-order valence-electron chi connectivity index (χ4n) is 3.02. The minimum atomic E-state index is -0.144. The van der Waals surface area contributed by atoms with Crippen LogP contribution in [0.1, 0.15) is 38.2 Å². The number of hydrogen-bond acceptors (Lipinski definition) is 4. The molecule has 2 unspecified atom stereocenters. The van der Waals surface area contributed by atoms with Gasteiger partial charge in [0.1, 0.15) is 12.4 Å². The number of hydrogen-bond donors (Lipinski definition) is 2. The first kappa shape index (κ1) is 15.8. The molecule has 0 radical (unpaired) electrons. The summed E-state index contributed by atoms with van der Waals surface area (Å²) in [6.07, 6.45) is 4.94. The molecule has 1 saturated heterocycles. The topological polar surface area (TPSA) is 50.7 Å². The molecule has 0 bridgehead atoms. The number of aliphatic hydroxyl groups is 1. The smallest absolute Gasteiger partial charge is 0.119 e. The summed E-state index contributed by atoms with van der Waals surface area (Å²) in [7, 11) is 0. The minimum absolute atomic E-state index is 0.144. The van der Waals surface area contributed by atoms with Crippen molar-refractivity contribution in [2.45, 2.75) is 50.8 Å². The van der Waals surface area contributed by atoms with E-state index >= 15 is 0 Å². The van der Waals surface area contributed by atoms with Crippen molar-refractivity contribution in [1.29, 1.82) is 0 Å². The summed E-state index contributed by atoms with van der Waals surface area (Å²) in [4.78, 5) is 0. The first-order valence-corrected chi connectivity index (χ1v) is 8.39. The van der Waals surface area contributed by atoms with E-state index in [1.54, 1.807) is 0 Å². The maximum absolute atomic E-state index is 9.60. The van der Waals surface area contributed by atoms with E-state index in [9.17, 15) is 5.11 Å². The van der Waals surface area contributed by atoms with E-state index < -0.39 is 0 Å². The number of nitrogens with one attached hydrogen (secondary N) is 1. The standard InChI is InChI=1S/C18H27NO3/c1-18(13-20,15-6-7-15)19-11-14-4-8-16(9-5-14)22-12-17-3-2-10-21-17/h4-5,8-9,15,17,19-20H,2-3,6-7,10-13H2,1H3. The summed E-state index contributed by atoms with van der Waals surface area (Å²) in [6.45, 7) is 4.59. The molecule has 1 heterocycles. The van der Waals surface area contributed by atoms with Gasteiger partial charge in [0.2, 0.25) is 0 Å². The summed E-state index contributed by atoms with van der Waals surface area (Å²) in [5, 5.41) is 13.1. The predicted molar refractivity (Wildman–Crippen MR) is 86.0 cm³/mol. The van der Waals surface area contributed by atoms with Crippen molar-refractivity contribution >= 4 is 0 Å². The van der Waals surface area contributed by atoms with E-state index in [4.69, 9.17) is 9.47 Å². The molecule has 4 heteroatoms. The zero-order valence-electron chi connectivity index (χ0n) is 13.4. The molecular formula is C18H27NO3. The minimum Gasteiger partial charge on any atom is -0.491 e. The van der Waals surface area contributed by atoms with Gasteiger partial charge in [-0.25, -0.2) is 0 Å². The van der Waals surface area contributed by atoms with E-state index in [0.717, 1.165) is 31.7 Å². The fraction of sp³-hybridized carbons (Fsp3) is 0.667. The Hall–Kier alpha value is -1.10. The van der Waals surface area contributed by atoms with Gasteiger partial charge >= 0.3 is 0 Å². The van der Waals surface area contributed by atoms with Crippen LogP contribution in [0.25, 0.3) is 0 Å². The van der Waals surface area contributed by atoms with E-state index in [1.165, 1.54) is 18.4 Å². The molecule has 2 atom stereocenters. The third kappa shape index (κ3) is 4.00. The molecule has 0 spiro atoms. The van der Waals surface area contributed by atoms with Crippen LogP contribution in [0.15, 0.2) is 24.3 Å². The second kappa shape index (κ2) is 6.99. The molecule has 1 aromatic rings. The molecule has 2 fully saturated rings. The second-order valence-corrected chi connectivity index (χ2v) is 6.79. The highest BCUT2D eigenvalue weighted by Gasteiger charge is 2.40. The zero-order valence-corrected chi connectivity index (χ0v) is 13.4. The maximum atomic E-state index is 9.60. The summed E-state index contributed by atoms with van der Waals surface area (Å²) >= 11 is 0. The van der Waals surface area contributed by atoms with Gasteiger partial charge in [-0.3, -0.25) is 0 Å². The summed E-state index contributed by atoms with van der Waals surface area (Å²) < 4.78 is 11.3. The Balaban J connectivity index is 1.46. The van der Waals surface area contributed by atoms with Crippen molar-refractivity contribution in [3.8, 4) is 5.75 Å². The van der Waals surface area contributed by atoms with E-state index in [0.29, 0.717) is 12.5 Å². The number of rotatable bonds is 8. The van der Waals surface area contributed by atoms with Gasteiger partial charge in [0, 0.05) is 18.7 Å². The lowest BCUT2D eigenvalue weighted by Crippen LogP contribution is -2.47. The SMILES string of the molecule is CC(CO)(NCc1ccc(OCC2CCCO2)cc1)C1CC1. The van der Waals surface area contributed by atoms with Crippen molar-refractivity contribution in [3.63, 3.8) is 0 Å². The molecule has 3 rings (SSSR count). The van der Waals surface area contributed by atoms with Gasteiger partial charge in [-0.2, -0.15) is 0 Å². The Morgan fingerprint density at radius 3 is 2.64 bits per heavy atom. The average Bonchev–Trinajstić information content (AvgIpc) is 3.29. The van der Waals surface area contributed by atoms with Crippen LogP contribution in [0.3, 0.4) is 0 Å². The highest BCUT2D eigenvalue weighted by molar-refractivity contribution is 5.27. The fourth-order valence-corrected chi connectivity index (χ4v) is 3.02. The first-order valence-electron chi connectivity index (χ1n) is 8.39. The molecule has 4 nitrogen and oxygen atoms in total. The van der Waals surface area contributed by atoms with Gasteiger partial charge in [0.05, 0.1) is 12.7 Å². The van der Waals surface area contributed by atoms with Crippen molar-refractivity contribution in [2.75, 3.05) is 19.8 Å². The third-order valence-electron chi connectivity index (χ3n) is 4.89.